The number of amides is 1. The van der Waals surface area contributed by atoms with Crippen LogP contribution in [-0.2, 0) is 4.79 Å². The van der Waals surface area contributed by atoms with E-state index in [4.69, 9.17) is 0 Å². The van der Waals surface area contributed by atoms with Crippen LogP contribution in [0, 0.1) is 19.8 Å². The standard InChI is InChI=1S/C25H26N8O/c1-17-6-3-4-8-20(17)21-9-10-23(31-30-21)32-12-5-7-19(15-32)25(34)29-22-14-24(28-16-27-22)33-13-11-26-18(33)2/h3-4,6,8-11,13-14,16,19H,5,7,12,15H2,1-2H3,(H,27,28,29,34). The molecule has 4 heterocycles. The molecule has 0 spiro atoms. The molecule has 1 amide bonds. The molecule has 1 aliphatic heterocycles. The molecule has 0 bridgehead atoms. The topological polar surface area (TPSA) is 102 Å². The molecule has 1 N–H and O–H groups in total. The number of aryl methyl sites for hydroxylation is 2. The Morgan fingerprint density at radius 2 is 1.91 bits per heavy atom. The van der Waals surface area contributed by atoms with Crippen molar-refractivity contribution in [2.24, 2.45) is 5.92 Å². The number of carbonyl (C=O) groups is 1. The lowest BCUT2D eigenvalue weighted by Crippen LogP contribution is -2.41. The summed E-state index contributed by atoms with van der Waals surface area (Å²) in [6.07, 6.45) is 6.71. The fraction of sp³-hybridized carbons (Fsp3) is 0.280. The number of rotatable bonds is 5. The number of benzene rings is 1. The third-order valence-electron chi connectivity index (χ3n) is 6.16. The van der Waals surface area contributed by atoms with Crippen molar-refractivity contribution in [1.82, 2.24) is 29.7 Å². The van der Waals surface area contributed by atoms with Gasteiger partial charge >= 0.3 is 0 Å². The molecule has 9 nitrogen and oxygen atoms in total. The molecule has 5 rings (SSSR count). The number of piperidine rings is 1. The molecule has 1 aromatic carbocycles. The van der Waals surface area contributed by atoms with Crippen molar-refractivity contribution in [2.75, 3.05) is 23.3 Å². The molecule has 0 aliphatic carbocycles. The Hall–Kier alpha value is -4.14. The highest BCUT2D eigenvalue weighted by molar-refractivity contribution is 5.92. The van der Waals surface area contributed by atoms with Crippen LogP contribution in [0.4, 0.5) is 11.6 Å². The number of imidazole rings is 1. The van der Waals surface area contributed by atoms with Crippen molar-refractivity contribution >= 4 is 17.5 Å². The quantitative estimate of drug-likeness (QED) is 0.492. The van der Waals surface area contributed by atoms with Gasteiger partial charge in [-0.3, -0.25) is 9.36 Å². The number of carbonyl (C=O) groups excluding carboxylic acids is 1. The van der Waals surface area contributed by atoms with Gasteiger partial charge < -0.3 is 10.2 Å². The highest BCUT2D eigenvalue weighted by atomic mass is 16.2. The van der Waals surface area contributed by atoms with Gasteiger partial charge in [0.1, 0.15) is 23.8 Å². The Morgan fingerprint density at radius 1 is 1.03 bits per heavy atom. The van der Waals surface area contributed by atoms with Crippen LogP contribution in [0.1, 0.15) is 24.2 Å². The molecule has 34 heavy (non-hydrogen) atoms. The molecule has 1 fully saturated rings. The second-order valence-corrected chi connectivity index (χ2v) is 8.47. The van der Waals surface area contributed by atoms with Crippen LogP contribution >= 0.6 is 0 Å². The molecule has 1 saturated heterocycles. The van der Waals surface area contributed by atoms with E-state index in [9.17, 15) is 4.79 Å². The molecule has 9 heteroatoms. The molecule has 0 saturated carbocycles. The number of anilines is 2. The van der Waals surface area contributed by atoms with E-state index in [2.05, 4.69) is 48.4 Å². The zero-order valence-electron chi connectivity index (χ0n) is 19.2. The van der Waals surface area contributed by atoms with Gasteiger partial charge in [-0.25, -0.2) is 15.0 Å². The molecular weight excluding hydrogens is 428 g/mol. The number of nitrogens with zero attached hydrogens (tertiary/aromatic N) is 7. The first-order valence-electron chi connectivity index (χ1n) is 11.4. The van der Waals surface area contributed by atoms with Crippen molar-refractivity contribution in [3.63, 3.8) is 0 Å². The van der Waals surface area contributed by atoms with E-state index in [-0.39, 0.29) is 11.8 Å². The Bertz CT molecular complexity index is 1300. The second-order valence-electron chi connectivity index (χ2n) is 8.47. The van der Waals surface area contributed by atoms with Gasteiger partial charge in [0.25, 0.3) is 0 Å². The summed E-state index contributed by atoms with van der Waals surface area (Å²) in [5.41, 5.74) is 3.09. The maximum Gasteiger partial charge on any atom is 0.230 e. The Balaban J connectivity index is 1.26. The fourth-order valence-corrected chi connectivity index (χ4v) is 4.29. The Kier molecular flexibility index (Phi) is 5.99. The third-order valence-corrected chi connectivity index (χ3v) is 6.16. The minimum Gasteiger partial charge on any atom is -0.354 e. The van der Waals surface area contributed by atoms with Crippen molar-refractivity contribution in [3.05, 3.63) is 72.6 Å². The maximum atomic E-state index is 13.0. The van der Waals surface area contributed by atoms with Crippen molar-refractivity contribution in [3.8, 4) is 17.1 Å². The maximum absolute atomic E-state index is 13.0. The highest BCUT2D eigenvalue weighted by Gasteiger charge is 2.27. The van der Waals surface area contributed by atoms with E-state index < -0.39 is 0 Å². The normalized spacial score (nSPS) is 15.8. The summed E-state index contributed by atoms with van der Waals surface area (Å²) in [5.74, 6) is 2.52. The van der Waals surface area contributed by atoms with Gasteiger partial charge in [0.15, 0.2) is 5.82 Å². The molecular formula is C25H26N8O. The van der Waals surface area contributed by atoms with Crippen LogP contribution in [0.3, 0.4) is 0 Å². The zero-order valence-corrected chi connectivity index (χ0v) is 19.2. The highest BCUT2D eigenvalue weighted by Crippen LogP contribution is 2.25. The SMILES string of the molecule is Cc1ccccc1-c1ccc(N2CCCC(C(=O)Nc3cc(-n4ccnc4C)ncn3)C2)nn1. The van der Waals surface area contributed by atoms with E-state index in [0.29, 0.717) is 18.2 Å². The van der Waals surface area contributed by atoms with Gasteiger partial charge in [-0.1, -0.05) is 24.3 Å². The van der Waals surface area contributed by atoms with Gasteiger partial charge in [0, 0.05) is 37.1 Å². The first kappa shape index (κ1) is 21.7. The van der Waals surface area contributed by atoms with Crippen LogP contribution in [0.25, 0.3) is 17.1 Å². The second kappa shape index (κ2) is 9.38. The lowest BCUT2D eigenvalue weighted by atomic mass is 9.97. The fourth-order valence-electron chi connectivity index (χ4n) is 4.29. The lowest BCUT2D eigenvalue weighted by Gasteiger charge is -2.32. The first-order valence-corrected chi connectivity index (χ1v) is 11.4. The van der Waals surface area contributed by atoms with Crippen LogP contribution in [0.15, 0.2) is 61.2 Å². The summed E-state index contributed by atoms with van der Waals surface area (Å²) in [6.45, 7) is 5.39. The predicted octanol–water partition coefficient (Wildman–Crippen LogP) is 3.59. The summed E-state index contributed by atoms with van der Waals surface area (Å²) < 4.78 is 1.85. The van der Waals surface area contributed by atoms with E-state index >= 15 is 0 Å². The number of aromatic nitrogens is 6. The summed E-state index contributed by atoms with van der Waals surface area (Å²) in [6, 6.07) is 13.9. The monoisotopic (exact) mass is 454 g/mol. The van der Waals surface area contributed by atoms with Gasteiger partial charge in [0.05, 0.1) is 11.6 Å². The van der Waals surface area contributed by atoms with Crippen molar-refractivity contribution in [2.45, 2.75) is 26.7 Å². The number of hydrogen-bond acceptors (Lipinski definition) is 7. The molecule has 3 aromatic heterocycles. The molecule has 4 aromatic rings. The smallest absolute Gasteiger partial charge is 0.230 e. The number of hydrogen-bond donors (Lipinski definition) is 1. The average molecular weight is 455 g/mol. The Labute approximate surface area is 197 Å². The van der Waals surface area contributed by atoms with Gasteiger partial charge in [0.2, 0.25) is 5.91 Å². The van der Waals surface area contributed by atoms with Crippen molar-refractivity contribution < 1.29 is 4.79 Å². The van der Waals surface area contributed by atoms with E-state index in [1.165, 1.54) is 6.33 Å². The molecule has 1 atom stereocenters. The summed E-state index contributed by atoms with van der Waals surface area (Å²) in [5, 5.41) is 11.9. The molecule has 1 unspecified atom stereocenters. The lowest BCUT2D eigenvalue weighted by molar-refractivity contribution is -0.120. The summed E-state index contributed by atoms with van der Waals surface area (Å²) in [4.78, 5) is 27.9. The minimum atomic E-state index is -0.167. The van der Waals surface area contributed by atoms with E-state index in [1.807, 2.05) is 48.0 Å². The van der Waals surface area contributed by atoms with E-state index in [1.54, 1.807) is 12.3 Å². The van der Waals surface area contributed by atoms with Crippen molar-refractivity contribution in [1.29, 1.82) is 0 Å². The largest absolute Gasteiger partial charge is 0.354 e. The van der Waals surface area contributed by atoms with Crippen LogP contribution in [-0.4, -0.2) is 48.7 Å². The van der Waals surface area contributed by atoms with Gasteiger partial charge in [-0.05, 0) is 44.4 Å². The summed E-state index contributed by atoms with van der Waals surface area (Å²) in [7, 11) is 0. The van der Waals surface area contributed by atoms with E-state index in [0.717, 1.165) is 47.8 Å². The molecule has 172 valence electrons. The first-order chi connectivity index (χ1) is 16.6. The van der Waals surface area contributed by atoms with Crippen LogP contribution < -0.4 is 10.2 Å². The van der Waals surface area contributed by atoms with Gasteiger partial charge in [-0.15, -0.1) is 10.2 Å². The van der Waals surface area contributed by atoms with Crippen LogP contribution in [0.5, 0.6) is 0 Å². The summed E-state index contributed by atoms with van der Waals surface area (Å²) >= 11 is 0. The Morgan fingerprint density at radius 3 is 2.68 bits per heavy atom. The number of nitrogens with one attached hydrogen (secondary N) is 1. The minimum absolute atomic E-state index is 0.0545. The van der Waals surface area contributed by atoms with Gasteiger partial charge in [-0.2, -0.15) is 0 Å². The third kappa shape index (κ3) is 4.50. The zero-order chi connectivity index (χ0) is 23.5. The van der Waals surface area contributed by atoms with Crippen LogP contribution in [0.2, 0.25) is 0 Å². The molecule has 0 radical (unpaired) electrons. The predicted molar refractivity (Wildman–Crippen MR) is 130 cm³/mol. The molecule has 1 aliphatic rings. The average Bonchev–Trinajstić information content (AvgIpc) is 3.30.